The third-order valence-electron chi connectivity index (χ3n) is 4.97. The molecule has 0 aliphatic carbocycles. The minimum Gasteiger partial charge on any atom is -0.343 e. The fourth-order valence-electron chi connectivity index (χ4n) is 3.50. The fourth-order valence-corrected chi connectivity index (χ4v) is 3.50. The lowest BCUT2D eigenvalue weighted by Crippen LogP contribution is -2.17. The Labute approximate surface area is 155 Å². The van der Waals surface area contributed by atoms with Crippen LogP contribution in [0.25, 0.3) is 10.9 Å². The molecule has 1 atom stereocenters. The average molecular weight is 340 g/mol. The van der Waals surface area contributed by atoms with Gasteiger partial charge in [0.1, 0.15) is 0 Å². The minimum atomic E-state index is 0.326. The molecule has 2 heteroatoms. The van der Waals surface area contributed by atoms with Crippen LogP contribution in [0.1, 0.15) is 29.7 Å². The molecular formula is C24H24N2. The number of fused-ring (bicyclic) bond motifs is 1. The SMILES string of the molecule is C[C@@H](NCc1cn(Cc2ccccc2)c2ccccc12)c1ccccc1. The van der Waals surface area contributed by atoms with E-state index in [-0.39, 0.29) is 0 Å². The summed E-state index contributed by atoms with van der Waals surface area (Å²) in [6, 6.07) is 30.3. The van der Waals surface area contributed by atoms with E-state index in [1.165, 1.54) is 27.6 Å². The Morgan fingerprint density at radius 2 is 1.46 bits per heavy atom. The van der Waals surface area contributed by atoms with Gasteiger partial charge in [-0.25, -0.2) is 0 Å². The molecule has 0 amide bonds. The third-order valence-corrected chi connectivity index (χ3v) is 4.97. The lowest BCUT2D eigenvalue weighted by atomic mass is 10.1. The van der Waals surface area contributed by atoms with Crippen LogP contribution in [0, 0.1) is 0 Å². The van der Waals surface area contributed by atoms with Crippen molar-refractivity contribution in [2.45, 2.75) is 26.1 Å². The van der Waals surface area contributed by atoms with Crippen LogP contribution in [0.3, 0.4) is 0 Å². The number of nitrogens with zero attached hydrogens (tertiary/aromatic N) is 1. The molecule has 130 valence electrons. The first-order chi connectivity index (χ1) is 12.8. The van der Waals surface area contributed by atoms with Crippen molar-refractivity contribution in [1.82, 2.24) is 9.88 Å². The van der Waals surface area contributed by atoms with Gasteiger partial charge in [0.05, 0.1) is 0 Å². The van der Waals surface area contributed by atoms with Crippen molar-refractivity contribution in [2.24, 2.45) is 0 Å². The van der Waals surface area contributed by atoms with Crippen LogP contribution < -0.4 is 5.32 Å². The van der Waals surface area contributed by atoms with Crippen molar-refractivity contribution in [2.75, 3.05) is 0 Å². The highest BCUT2D eigenvalue weighted by atomic mass is 15.0. The zero-order chi connectivity index (χ0) is 17.8. The largest absolute Gasteiger partial charge is 0.343 e. The Balaban J connectivity index is 1.57. The monoisotopic (exact) mass is 340 g/mol. The summed E-state index contributed by atoms with van der Waals surface area (Å²) < 4.78 is 2.36. The van der Waals surface area contributed by atoms with Gasteiger partial charge < -0.3 is 9.88 Å². The predicted octanol–water partition coefficient (Wildman–Crippen LogP) is 5.54. The molecule has 1 aromatic heterocycles. The van der Waals surface area contributed by atoms with Gasteiger partial charge in [-0.3, -0.25) is 0 Å². The zero-order valence-electron chi connectivity index (χ0n) is 15.1. The molecule has 2 nitrogen and oxygen atoms in total. The van der Waals surface area contributed by atoms with Crippen molar-refractivity contribution < 1.29 is 0 Å². The van der Waals surface area contributed by atoms with Gasteiger partial charge in [-0.2, -0.15) is 0 Å². The molecular weight excluding hydrogens is 316 g/mol. The van der Waals surface area contributed by atoms with Crippen molar-refractivity contribution in [3.63, 3.8) is 0 Å². The maximum absolute atomic E-state index is 3.67. The lowest BCUT2D eigenvalue weighted by Gasteiger charge is -2.13. The van der Waals surface area contributed by atoms with E-state index >= 15 is 0 Å². The van der Waals surface area contributed by atoms with Crippen LogP contribution in [0.4, 0.5) is 0 Å². The van der Waals surface area contributed by atoms with E-state index in [4.69, 9.17) is 0 Å². The van der Waals surface area contributed by atoms with Gasteiger partial charge in [-0.15, -0.1) is 0 Å². The molecule has 0 bridgehead atoms. The summed E-state index contributed by atoms with van der Waals surface area (Å²) in [5.74, 6) is 0. The van der Waals surface area contributed by atoms with Crippen LogP contribution in [0.5, 0.6) is 0 Å². The maximum Gasteiger partial charge on any atom is 0.0486 e. The summed E-state index contributed by atoms with van der Waals surface area (Å²) in [6.07, 6.45) is 2.29. The van der Waals surface area contributed by atoms with Crippen LogP contribution in [-0.4, -0.2) is 4.57 Å². The van der Waals surface area contributed by atoms with E-state index in [0.717, 1.165) is 13.1 Å². The number of aromatic nitrogens is 1. The Morgan fingerprint density at radius 1 is 0.808 bits per heavy atom. The van der Waals surface area contributed by atoms with Crippen LogP contribution in [0.2, 0.25) is 0 Å². The summed E-state index contributed by atoms with van der Waals surface area (Å²) in [4.78, 5) is 0. The summed E-state index contributed by atoms with van der Waals surface area (Å²) >= 11 is 0. The second-order valence-corrected chi connectivity index (χ2v) is 6.80. The van der Waals surface area contributed by atoms with E-state index in [2.05, 4.69) is 108 Å². The van der Waals surface area contributed by atoms with Crippen molar-refractivity contribution in [3.8, 4) is 0 Å². The van der Waals surface area contributed by atoms with Crippen LogP contribution in [0.15, 0.2) is 91.1 Å². The van der Waals surface area contributed by atoms with Crippen molar-refractivity contribution >= 4 is 10.9 Å². The van der Waals surface area contributed by atoms with Gasteiger partial charge in [-0.05, 0) is 29.7 Å². The second kappa shape index (κ2) is 7.59. The highest BCUT2D eigenvalue weighted by molar-refractivity contribution is 5.84. The number of hydrogen-bond acceptors (Lipinski definition) is 1. The molecule has 0 spiro atoms. The number of benzene rings is 3. The van der Waals surface area contributed by atoms with Gasteiger partial charge in [0.2, 0.25) is 0 Å². The number of para-hydroxylation sites is 1. The summed E-state index contributed by atoms with van der Waals surface area (Å²) in [6.45, 7) is 3.98. The topological polar surface area (TPSA) is 17.0 Å². The molecule has 0 unspecified atom stereocenters. The summed E-state index contributed by atoms with van der Waals surface area (Å²) in [5, 5.41) is 5.00. The normalized spacial score (nSPS) is 12.3. The molecule has 1 heterocycles. The van der Waals surface area contributed by atoms with Gasteiger partial charge in [0.25, 0.3) is 0 Å². The van der Waals surface area contributed by atoms with E-state index in [1.807, 2.05) is 0 Å². The molecule has 0 aliphatic rings. The summed E-state index contributed by atoms with van der Waals surface area (Å²) in [7, 11) is 0. The Hall–Kier alpha value is -2.84. The van der Waals surface area contributed by atoms with Gasteiger partial charge in [0.15, 0.2) is 0 Å². The average Bonchev–Trinajstić information content (AvgIpc) is 3.05. The van der Waals surface area contributed by atoms with Crippen LogP contribution in [-0.2, 0) is 13.1 Å². The van der Waals surface area contributed by atoms with E-state index < -0.39 is 0 Å². The number of nitrogens with one attached hydrogen (secondary N) is 1. The quantitative estimate of drug-likeness (QED) is 0.487. The second-order valence-electron chi connectivity index (χ2n) is 6.80. The Kier molecular flexibility index (Phi) is 4.85. The van der Waals surface area contributed by atoms with Crippen LogP contribution >= 0.6 is 0 Å². The summed E-state index contributed by atoms with van der Waals surface area (Å²) in [5.41, 5.74) is 5.28. The van der Waals surface area contributed by atoms with Gasteiger partial charge >= 0.3 is 0 Å². The predicted molar refractivity (Wildman–Crippen MR) is 109 cm³/mol. The van der Waals surface area contributed by atoms with Gasteiger partial charge in [0, 0.05) is 36.2 Å². The number of hydrogen-bond donors (Lipinski definition) is 1. The van der Waals surface area contributed by atoms with Crippen molar-refractivity contribution in [3.05, 3.63) is 108 Å². The lowest BCUT2D eigenvalue weighted by molar-refractivity contribution is 0.575. The van der Waals surface area contributed by atoms with E-state index in [1.54, 1.807) is 0 Å². The smallest absolute Gasteiger partial charge is 0.0486 e. The Bertz CT molecular complexity index is 971. The van der Waals surface area contributed by atoms with E-state index in [0.29, 0.717) is 6.04 Å². The Morgan fingerprint density at radius 3 is 2.23 bits per heavy atom. The third kappa shape index (κ3) is 3.56. The first kappa shape index (κ1) is 16.6. The highest BCUT2D eigenvalue weighted by Crippen LogP contribution is 2.23. The molecule has 0 saturated heterocycles. The molecule has 4 aromatic rings. The molecule has 26 heavy (non-hydrogen) atoms. The first-order valence-electron chi connectivity index (χ1n) is 9.20. The zero-order valence-corrected chi connectivity index (χ0v) is 15.1. The van der Waals surface area contributed by atoms with Gasteiger partial charge in [-0.1, -0.05) is 78.9 Å². The molecule has 0 aliphatic heterocycles. The van der Waals surface area contributed by atoms with Crippen molar-refractivity contribution in [1.29, 1.82) is 0 Å². The molecule has 4 rings (SSSR count). The standard InChI is InChI=1S/C24H24N2/c1-19(21-12-6-3-7-13-21)25-16-22-18-26(17-20-10-4-2-5-11-20)24-15-9-8-14-23(22)24/h2-15,18-19,25H,16-17H2,1H3/t19-/m1/s1. The van der Waals surface area contributed by atoms with E-state index in [9.17, 15) is 0 Å². The minimum absolute atomic E-state index is 0.326. The maximum atomic E-state index is 3.67. The molecule has 0 saturated carbocycles. The highest BCUT2D eigenvalue weighted by Gasteiger charge is 2.10. The molecule has 0 radical (unpaired) electrons. The first-order valence-corrected chi connectivity index (χ1v) is 9.20. The molecule has 0 fully saturated rings. The molecule has 3 aromatic carbocycles. The molecule has 1 N–H and O–H groups in total. The number of rotatable bonds is 6. The fraction of sp³-hybridized carbons (Fsp3) is 0.167.